The minimum atomic E-state index is -0.289. The maximum atomic E-state index is 13.1. The fourth-order valence-corrected chi connectivity index (χ4v) is 3.39. The molecule has 0 bridgehead atoms. The molecule has 0 aliphatic heterocycles. The summed E-state index contributed by atoms with van der Waals surface area (Å²) in [7, 11) is 3.53. The van der Waals surface area contributed by atoms with Crippen molar-refractivity contribution >= 4 is 28.4 Å². The molecule has 158 valence electrons. The summed E-state index contributed by atoms with van der Waals surface area (Å²) < 4.78 is 14.6. The van der Waals surface area contributed by atoms with Crippen molar-refractivity contribution in [3.63, 3.8) is 0 Å². The Kier molecular flexibility index (Phi) is 5.29. The van der Waals surface area contributed by atoms with Gasteiger partial charge in [-0.3, -0.25) is 9.36 Å². The molecule has 31 heavy (non-hydrogen) atoms. The van der Waals surface area contributed by atoms with Crippen molar-refractivity contribution < 1.29 is 9.18 Å². The lowest BCUT2D eigenvalue weighted by Crippen LogP contribution is -2.26. The van der Waals surface area contributed by atoms with Gasteiger partial charge in [0.15, 0.2) is 0 Å². The van der Waals surface area contributed by atoms with Crippen LogP contribution in [-0.4, -0.2) is 27.5 Å². The lowest BCUT2D eigenvalue weighted by molar-refractivity contribution is 0.0940. The van der Waals surface area contributed by atoms with Crippen LogP contribution in [0.5, 0.6) is 0 Å². The summed E-state index contributed by atoms with van der Waals surface area (Å²) in [5, 5.41) is 2.95. The van der Waals surface area contributed by atoms with E-state index in [9.17, 15) is 14.0 Å². The number of pyridine rings is 1. The number of hydrogen-bond acceptors (Lipinski definition) is 4. The third kappa shape index (κ3) is 4.05. The summed E-state index contributed by atoms with van der Waals surface area (Å²) in [6.45, 7) is 1.88. The van der Waals surface area contributed by atoms with Crippen LogP contribution in [0, 0.1) is 5.82 Å². The number of aromatic nitrogens is 3. The van der Waals surface area contributed by atoms with Crippen LogP contribution in [0.1, 0.15) is 28.9 Å². The number of fused-ring (bicyclic) bond motifs is 1. The SMILES string of the molecule is C[C@H](NC(=O)c1ccc2c(c1)[nH]c(=O)n2C)c1ccc(N(C)c2ccc(F)cc2)nc1. The minimum Gasteiger partial charge on any atom is -0.345 e. The number of carbonyl (C=O) groups is 1. The molecule has 0 unspecified atom stereocenters. The van der Waals surface area contributed by atoms with Crippen LogP contribution in [0.4, 0.5) is 15.9 Å². The van der Waals surface area contributed by atoms with E-state index in [0.29, 0.717) is 16.9 Å². The van der Waals surface area contributed by atoms with Crippen LogP contribution in [-0.2, 0) is 7.05 Å². The Morgan fingerprint density at radius 3 is 2.58 bits per heavy atom. The number of aryl methyl sites for hydroxylation is 1. The van der Waals surface area contributed by atoms with Gasteiger partial charge in [0.1, 0.15) is 11.6 Å². The van der Waals surface area contributed by atoms with E-state index < -0.39 is 0 Å². The first-order valence-corrected chi connectivity index (χ1v) is 9.78. The minimum absolute atomic E-state index is 0.224. The zero-order valence-corrected chi connectivity index (χ0v) is 17.4. The summed E-state index contributed by atoms with van der Waals surface area (Å²) in [5.41, 5.74) is 3.25. The number of imidazole rings is 1. The molecule has 4 rings (SSSR count). The van der Waals surface area contributed by atoms with Gasteiger partial charge in [0, 0.05) is 31.5 Å². The van der Waals surface area contributed by atoms with E-state index in [4.69, 9.17) is 0 Å². The monoisotopic (exact) mass is 419 g/mol. The molecule has 2 aromatic heterocycles. The van der Waals surface area contributed by atoms with Crippen molar-refractivity contribution in [3.05, 3.63) is 88.2 Å². The standard InChI is InChI=1S/C23H22FN5O2/c1-14(26-22(30)15-4-10-20-19(12-15)27-23(31)29(20)3)16-5-11-21(25-13-16)28(2)18-8-6-17(24)7-9-18/h4-14H,1-3H3,(H,26,30)(H,27,31)/t14-/m0/s1. The molecule has 1 atom stereocenters. The van der Waals surface area contributed by atoms with Crippen LogP contribution in [0.15, 0.2) is 65.6 Å². The van der Waals surface area contributed by atoms with Gasteiger partial charge in [-0.15, -0.1) is 0 Å². The van der Waals surface area contributed by atoms with Crippen molar-refractivity contribution in [2.75, 3.05) is 11.9 Å². The summed E-state index contributed by atoms with van der Waals surface area (Å²) >= 11 is 0. The molecule has 1 amide bonds. The summed E-state index contributed by atoms with van der Waals surface area (Å²) in [4.78, 5) is 33.5. The van der Waals surface area contributed by atoms with Crippen molar-refractivity contribution in [2.45, 2.75) is 13.0 Å². The van der Waals surface area contributed by atoms with Crippen LogP contribution < -0.4 is 15.9 Å². The highest BCUT2D eigenvalue weighted by Gasteiger charge is 2.14. The molecule has 0 aliphatic rings. The largest absolute Gasteiger partial charge is 0.345 e. The summed E-state index contributed by atoms with van der Waals surface area (Å²) in [6.07, 6.45) is 1.71. The Morgan fingerprint density at radius 2 is 1.90 bits per heavy atom. The lowest BCUT2D eigenvalue weighted by atomic mass is 10.1. The number of benzene rings is 2. The molecular formula is C23H22FN5O2. The number of carbonyl (C=O) groups excluding carboxylic acids is 1. The third-order valence-electron chi connectivity index (χ3n) is 5.34. The smallest absolute Gasteiger partial charge is 0.326 e. The normalized spacial score (nSPS) is 12.0. The van der Waals surface area contributed by atoms with E-state index in [1.165, 1.54) is 16.7 Å². The second-order valence-corrected chi connectivity index (χ2v) is 7.40. The van der Waals surface area contributed by atoms with Gasteiger partial charge in [-0.05, 0) is 61.0 Å². The van der Waals surface area contributed by atoms with Gasteiger partial charge < -0.3 is 15.2 Å². The molecule has 8 heteroatoms. The third-order valence-corrected chi connectivity index (χ3v) is 5.34. The first-order chi connectivity index (χ1) is 14.8. The molecular weight excluding hydrogens is 397 g/mol. The van der Waals surface area contributed by atoms with Gasteiger partial charge in [0.25, 0.3) is 5.91 Å². The first-order valence-electron chi connectivity index (χ1n) is 9.78. The Bertz CT molecular complexity index is 1290. The number of rotatable bonds is 5. The van der Waals surface area contributed by atoms with Gasteiger partial charge in [0.05, 0.1) is 17.1 Å². The Balaban J connectivity index is 1.47. The Labute approximate surface area is 178 Å². The molecule has 4 aromatic rings. The van der Waals surface area contributed by atoms with Gasteiger partial charge >= 0.3 is 5.69 Å². The van der Waals surface area contributed by atoms with Crippen molar-refractivity contribution in [1.82, 2.24) is 19.9 Å². The summed E-state index contributed by atoms with van der Waals surface area (Å²) in [5.74, 6) is 0.168. The predicted molar refractivity (Wildman–Crippen MR) is 118 cm³/mol. The fourth-order valence-electron chi connectivity index (χ4n) is 3.39. The topological polar surface area (TPSA) is 83.0 Å². The average molecular weight is 419 g/mol. The number of nitrogens with zero attached hydrogens (tertiary/aromatic N) is 3. The average Bonchev–Trinajstić information content (AvgIpc) is 3.06. The molecule has 0 saturated heterocycles. The van der Waals surface area contributed by atoms with Gasteiger partial charge in [-0.25, -0.2) is 14.2 Å². The summed E-state index contributed by atoms with van der Waals surface area (Å²) in [6, 6.07) is 14.8. The van der Waals surface area contributed by atoms with Crippen LogP contribution in [0.25, 0.3) is 11.0 Å². The van der Waals surface area contributed by atoms with E-state index in [2.05, 4.69) is 15.3 Å². The number of amides is 1. The van der Waals surface area contributed by atoms with Gasteiger partial charge in [-0.2, -0.15) is 0 Å². The maximum Gasteiger partial charge on any atom is 0.326 e. The molecule has 2 N–H and O–H groups in total. The highest BCUT2D eigenvalue weighted by atomic mass is 19.1. The number of anilines is 2. The number of H-pyrrole nitrogens is 1. The van der Waals surface area contributed by atoms with Crippen LogP contribution in [0.3, 0.4) is 0 Å². The van der Waals surface area contributed by atoms with E-state index >= 15 is 0 Å². The quantitative estimate of drug-likeness (QED) is 0.517. The number of aromatic amines is 1. The van der Waals surface area contributed by atoms with Crippen molar-refractivity contribution in [3.8, 4) is 0 Å². The molecule has 0 spiro atoms. The number of nitrogens with one attached hydrogen (secondary N) is 2. The molecule has 0 radical (unpaired) electrons. The molecule has 0 fully saturated rings. The Hall–Kier alpha value is -3.94. The zero-order chi connectivity index (χ0) is 22.1. The second kappa shape index (κ2) is 8.06. The van der Waals surface area contributed by atoms with Crippen LogP contribution in [0.2, 0.25) is 0 Å². The second-order valence-electron chi connectivity index (χ2n) is 7.40. The van der Waals surface area contributed by atoms with E-state index in [1.807, 2.05) is 31.0 Å². The van der Waals surface area contributed by atoms with Crippen molar-refractivity contribution in [1.29, 1.82) is 0 Å². The van der Waals surface area contributed by atoms with Gasteiger partial charge in [-0.1, -0.05) is 6.07 Å². The lowest BCUT2D eigenvalue weighted by Gasteiger charge is -2.20. The molecule has 2 aromatic carbocycles. The van der Waals surface area contributed by atoms with Gasteiger partial charge in [0.2, 0.25) is 0 Å². The first kappa shape index (κ1) is 20.3. The maximum absolute atomic E-state index is 13.1. The number of hydrogen-bond donors (Lipinski definition) is 2. The zero-order valence-electron chi connectivity index (χ0n) is 17.4. The highest BCUT2D eigenvalue weighted by molar-refractivity contribution is 5.97. The number of halogens is 1. The Morgan fingerprint density at radius 1 is 1.16 bits per heavy atom. The molecule has 0 aliphatic carbocycles. The fraction of sp³-hybridized carbons (Fsp3) is 0.174. The van der Waals surface area contributed by atoms with E-state index in [1.54, 1.807) is 43.6 Å². The predicted octanol–water partition coefficient (Wildman–Crippen LogP) is 3.66. The van der Waals surface area contributed by atoms with Crippen molar-refractivity contribution in [2.24, 2.45) is 7.05 Å². The molecule has 0 saturated carbocycles. The highest BCUT2D eigenvalue weighted by Crippen LogP contribution is 2.23. The molecule has 2 heterocycles. The van der Waals surface area contributed by atoms with E-state index in [0.717, 1.165) is 16.8 Å². The molecule has 7 nitrogen and oxygen atoms in total. The van der Waals surface area contributed by atoms with E-state index in [-0.39, 0.29) is 23.5 Å². The van der Waals surface area contributed by atoms with Crippen LogP contribution >= 0.6 is 0 Å².